The summed E-state index contributed by atoms with van der Waals surface area (Å²) >= 11 is 1.67. The standard InChI is InChI=1S/C31H29FN2O3S/c1-37-19-18-33(31(36)25-9-7-23(8-10-25)22-5-3-2-4-6-22)21-29(35)34-17-15-28-27(16-20-38-28)30(34)24-11-13-26(32)14-12-24/h2-14,16,20,30H,15,17-19,21H2,1H3. The zero-order valence-electron chi connectivity index (χ0n) is 21.2. The molecule has 0 radical (unpaired) electrons. The van der Waals surface area contributed by atoms with Gasteiger partial charge in [0.2, 0.25) is 5.91 Å². The predicted octanol–water partition coefficient (Wildman–Crippen LogP) is 5.82. The summed E-state index contributed by atoms with van der Waals surface area (Å²) in [5.74, 6) is -0.689. The van der Waals surface area contributed by atoms with E-state index in [1.165, 1.54) is 17.0 Å². The van der Waals surface area contributed by atoms with Gasteiger partial charge in [-0.05, 0) is 64.4 Å². The fourth-order valence-corrected chi connectivity index (χ4v) is 5.82. The van der Waals surface area contributed by atoms with E-state index >= 15 is 0 Å². The summed E-state index contributed by atoms with van der Waals surface area (Å²) in [6.07, 6.45) is 0.753. The molecule has 0 saturated carbocycles. The molecule has 0 spiro atoms. The number of ether oxygens (including phenoxy) is 1. The van der Waals surface area contributed by atoms with Crippen molar-refractivity contribution in [3.63, 3.8) is 0 Å². The van der Waals surface area contributed by atoms with Crippen LogP contribution < -0.4 is 0 Å². The average Bonchev–Trinajstić information content (AvgIpc) is 3.44. The third-order valence-corrected chi connectivity index (χ3v) is 7.89. The molecular weight excluding hydrogens is 499 g/mol. The van der Waals surface area contributed by atoms with Crippen molar-refractivity contribution in [2.75, 3.05) is 33.4 Å². The number of rotatable bonds is 8. The third-order valence-electron chi connectivity index (χ3n) is 6.89. The van der Waals surface area contributed by atoms with Crippen molar-refractivity contribution in [2.45, 2.75) is 12.5 Å². The monoisotopic (exact) mass is 528 g/mol. The van der Waals surface area contributed by atoms with E-state index in [-0.39, 0.29) is 30.2 Å². The second kappa shape index (κ2) is 11.7. The maximum atomic E-state index is 13.7. The van der Waals surface area contributed by atoms with Crippen LogP contribution in [0.25, 0.3) is 11.1 Å². The Morgan fingerprint density at radius 1 is 0.974 bits per heavy atom. The van der Waals surface area contributed by atoms with Gasteiger partial charge in [0, 0.05) is 30.6 Å². The number of thiophene rings is 1. The van der Waals surface area contributed by atoms with Gasteiger partial charge in [-0.2, -0.15) is 0 Å². The van der Waals surface area contributed by atoms with Gasteiger partial charge in [0.25, 0.3) is 5.91 Å². The Morgan fingerprint density at radius 2 is 1.68 bits per heavy atom. The summed E-state index contributed by atoms with van der Waals surface area (Å²) in [5.41, 5.74) is 4.52. The van der Waals surface area contributed by atoms with Gasteiger partial charge < -0.3 is 14.5 Å². The highest BCUT2D eigenvalue weighted by molar-refractivity contribution is 7.10. The van der Waals surface area contributed by atoms with Crippen molar-refractivity contribution >= 4 is 23.2 Å². The van der Waals surface area contributed by atoms with Crippen molar-refractivity contribution in [3.05, 3.63) is 118 Å². The van der Waals surface area contributed by atoms with Crippen LogP contribution in [-0.4, -0.2) is 55.0 Å². The maximum Gasteiger partial charge on any atom is 0.254 e. The Hall–Kier alpha value is -3.81. The molecule has 38 heavy (non-hydrogen) atoms. The van der Waals surface area contributed by atoms with E-state index in [4.69, 9.17) is 4.74 Å². The topological polar surface area (TPSA) is 49.9 Å². The molecule has 1 aromatic heterocycles. The van der Waals surface area contributed by atoms with Gasteiger partial charge in [0.1, 0.15) is 12.4 Å². The highest BCUT2D eigenvalue weighted by atomic mass is 32.1. The first-order valence-electron chi connectivity index (χ1n) is 12.6. The van der Waals surface area contributed by atoms with Crippen molar-refractivity contribution in [1.29, 1.82) is 0 Å². The molecule has 1 aliphatic heterocycles. The van der Waals surface area contributed by atoms with Crippen LogP contribution in [0.1, 0.15) is 32.4 Å². The quantitative estimate of drug-likeness (QED) is 0.290. The molecule has 1 atom stereocenters. The smallest absolute Gasteiger partial charge is 0.254 e. The minimum Gasteiger partial charge on any atom is -0.383 e. The molecule has 0 bridgehead atoms. The molecule has 0 N–H and O–H groups in total. The molecule has 5 nitrogen and oxygen atoms in total. The minimum atomic E-state index is -0.317. The van der Waals surface area contributed by atoms with Crippen LogP contribution in [0.3, 0.4) is 0 Å². The number of amides is 2. The highest BCUT2D eigenvalue weighted by Gasteiger charge is 2.34. The summed E-state index contributed by atoms with van der Waals surface area (Å²) in [6, 6.07) is 25.4. The van der Waals surface area contributed by atoms with Gasteiger partial charge in [-0.3, -0.25) is 9.59 Å². The number of carbonyl (C=O) groups excluding carboxylic acids is 2. The van der Waals surface area contributed by atoms with Crippen LogP contribution in [0.5, 0.6) is 0 Å². The highest BCUT2D eigenvalue weighted by Crippen LogP contribution is 2.38. The van der Waals surface area contributed by atoms with Crippen LogP contribution in [0.15, 0.2) is 90.3 Å². The number of halogens is 1. The number of hydrogen-bond acceptors (Lipinski definition) is 4. The Labute approximate surface area is 226 Å². The molecule has 0 saturated heterocycles. The van der Waals surface area contributed by atoms with Crippen LogP contribution in [0.2, 0.25) is 0 Å². The number of hydrogen-bond donors (Lipinski definition) is 0. The first-order chi connectivity index (χ1) is 18.5. The van der Waals surface area contributed by atoms with Crippen LogP contribution in [-0.2, 0) is 16.0 Å². The molecule has 1 unspecified atom stereocenters. The van der Waals surface area contributed by atoms with Crippen molar-refractivity contribution in [2.24, 2.45) is 0 Å². The van der Waals surface area contributed by atoms with Crippen molar-refractivity contribution in [1.82, 2.24) is 9.80 Å². The first kappa shape index (κ1) is 25.8. The fourth-order valence-electron chi connectivity index (χ4n) is 4.92. The lowest BCUT2D eigenvalue weighted by Gasteiger charge is -2.37. The summed E-state index contributed by atoms with van der Waals surface area (Å²) in [7, 11) is 1.58. The van der Waals surface area contributed by atoms with Crippen LogP contribution in [0, 0.1) is 5.82 Å². The fraction of sp³-hybridized carbons (Fsp3) is 0.226. The van der Waals surface area contributed by atoms with E-state index < -0.39 is 0 Å². The minimum absolute atomic E-state index is 0.0696. The van der Waals surface area contributed by atoms with Gasteiger partial charge in [0.15, 0.2) is 0 Å². The summed E-state index contributed by atoms with van der Waals surface area (Å²) in [4.78, 5) is 31.9. The van der Waals surface area contributed by atoms with Gasteiger partial charge in [-0.15, -0.1) is 11.3 Å². The number of nitrogens with zero attached hydrogens (tertiary/aromatic N) is 2. The number of carbonyl (C=O) groups is 2. The second-order valence-corrected chi connectivity index (χ2v) is 10.3. The molecule has 2 heterocycles. The summed E-state index contributed by atoms with van der Waals surface area (Å²) in [5, 5.41) is 2.03. The van der Waals surface area contributed by atoms with E-state index in [0.717, 1.165) is 28.7 Å². The Morgan fingerprint density at radius 3 is 2.39 bits per heavy atom. The molecular formula is C31H29FN2O3S. The summed E-state index contributed by atoms with van der Waals surface area (Å²) in [6.45, 7) is 1.07. The van der Waals surface area contributed by atoms with Gasteiger partial charge in [-0.25, -0.2) is 4.39 Å². The molecule has 194 valence electrons. The Bertz CT molecular complexity index is 1390. The van der Waals surface area contributed by atoms with E-state index in [0.29, 0.717) is 25.3 Å². The van der Waals surface area contributed by atoms with Crippen LogP contribution >= 0.6 is 11.3 Å². The molecule has 2 amide bonds. The predicted molar refractivity (Wildman–Crippen MR) is 148 cm³/mol. The van der Waals surface area contributed by atoms with Gasteiger partial charge >= 0.3 is 0 Å². The number of benzene rings is 3. The zero-order chi connectivity index (χ0) is 26.5. The largest absolute Gasteiger partial charge is 0.383 e. The lowest BCUT2D eigenvalue weighted by Crippen LogP contribution is -2.47. The Kier molecular flexibility index (Phi) is 7.96. The van der Waals surface area contributed by atoms with Crippen molar-refractivity contribution < 1.29 is 18.7 Å². The SMILES string of the molecule is COCCN(CC(=O)N1CCc2sccc2C1c1ccc(F)cc1)C(=O)c1ccc(-c2ccccc2)cc1. The Balaban J connectivity index is 1.38. The average molecular weight is 529 g/mol. The van der Waals surface area contributed by atoms with E-state index in [1.807, 2.05) is 58.8 Å². The van der Waals surface area contributed by atoms with E-state index in [9.17, 15) is 14.0 Å². The molecule has 0 aliphatic carbocycles. The maximum absolute atomic E-state index is 13.7. The first-order valence-corrected chi connectivity index (χ1v) is 13.5. The zero-order valence-corrected chi connectivity index (χ0v) is 22.0. The summed E-state index contributed by atoms with van der Waals surface area (Å²) < 4.78 is 18.9. The van der Waals surface area contributed by atoms with E-state index in [2.05, 4.69) is 0 Å². The van der Waals surface area contributed by atoms with Gasteiger partial charge in [-0.1, -0.05) is 54.6 Å². The lowest BCUT2D eigenvalue weighted by atomic mass is 9.93. The van der Waals surface area contributed by atoms with Crippen molar-refractivity contribution in [3.8, 4) is 11.1 Å². The van der Waals surface area contributed by atoms with Gasteiger partial charge in [0.05, 0.1) is 12.6 Å². The molecule has 1 aliphatic rings. The third kappa shape index (κ3) is 5.54. The lowest BCUT2D eigenvalue weighted by molar-refractivity contribution is -0.134. The number of fused-ring (bicyclic) bond motifs is 1. The molecule has 0 fully saturated rings. The van der Waals surface area contributed by atoms with Crippen LogP contribution in [0.4, 0.5) is 4.39 Å². The second-order valence-electron chi connectivity index (χ2n) is 9.25. The molecule has 4 aromatic rings. The normalized spacial score (nSPS) is 14.7. The van der Waals surface area contributed by atoms with E-state index in [1.54, 1.807) is 47.6 Å². The number of methoxy groups -OCH3 is 1. The molecule has 3 aromatic carbocycles. The molecule has 5 rings (SSSR count). The molecule has 7 heteroatoms.